The number of carbonyl (C=O) groups excluding carboxylic acids is 1. The molecule has 0 radical (unpaired) electrons. The van der Waals surface area contributed by atoms with Gasteiger partial charge in [0.1, 0.15) is 5.60 Å². The normalized spacial score (nSPS) is 23.9. The molecule has 2 fully saturated rings. The summed E-state index contributed by atoms with van der Waals surface area (Å²) in [5.74, 6) is 2.60. The van der Waals surface area contributed by atoms with Crippen molar-refractivity contribution in [3.05, 3.63) is 0 Å². The first-order valence-electron chi connectivity index (χ1n) is 7.49. The number of ether oxygens (including phenoxy) is 1. The first kappa shape index (κ1) is 16.3. The highest BCUT2D eigenvalue weighted by Gasteiger charge is 2.36. The van der Waals surface area contributed by atoms with E-state index >= 15 is 0 Å². The molecule has 0 atom stereocenters. The minimum absolute atomic E-state index is 0.149. The van der Waals surface area contributed by atoms with Gasteiger partial charge in [-0.2, -0.15) is 0 Å². The van der Waals surface area contributed by atoms with Crippen LogP contribution in [0.2, 0.25) is 0 Å². The monoisotopic (exact) mass is 317 g/mol. The topological polar surface area (TPSA) is 29.5 Å². The molecule has 2 rings (SSSR count). The summed E-state index contributed by atoms with van der Waals surface area (Å²) in [5.41, 5.74) is 0.00246. The summed E-state index contributed by atoms with van der Waals surface area (Å²) in [7, 11) is 0. The van der Waals surface area contributed by atoms with E-state index in [9.17, 15) is 4.79 Å². The second-order valence-corrected chi connectivity index (χ2v) is 10.1. The molecule has 2 saturated heterocycles. The minimum Gasteiger partial charge on any atom is -0.444 e. The van der Waals surface area contributed by atoms with Gasteiger partial charge in [-0.25, -0.2) is 4.79 Å². The van der Waals surface area contributed by atoms with Crippen molar-refractivity contribution >= 4 is 29.6 Å². The summed E-state index contributed by atoms with van der Waals surface area (Å²) < 4.78 is 6.23. The number of piperidine rings is 1. The fraction of sp³-hybridized carbons (Fsp3) is 0.933. The smallest absolute Gasteiger partial charge is 0.410 e. The summed E-state index contributed by atoms with van der Waals surface area (Å²) in [4.78, 5) is 13.9. The van der Waals surface area contributed by atoms with Gasteiger partial charge in [0.25, 0.3) is 0 Å². The molecule has 0 aromatic heterocycles. The fourth-order valence-electron chi connectivity index (χ4n) is 2.69. The van der Waals surface area contributed by atoms with E-state index in [1.165, 1.54) is 17.9 Å². The molecule has 0 aromatic carbocycles. The Labute approximate surface area is 131 Å². The predicted molar refractivity (Wildman–Crippen MR) is 88.5 cm³/mol. The average molecular weight is 318 g/mol. The van der Waals surface area contributed by atoms with E-state index in [0.29, 0.717) is 5.41 Å². The van der Waals surface area contributed by atoms with E-state index < -0.39 is 5.60 Å². The van der Waals surface area contributed by atoms with Crippen molar-refractivity contribution in [2.75, 3.05) is 24.6 Å². The highest BCUT2D eigenvalue weighted by Crippen LogP contribution is 2.44. The second kappa shape index (κ2) is 6.39. The van der Waals surface area contributed by atoms with Crippen molar-refractivity contribution in [3.8, 4) is 0 Å². The van der Waals surface area contributed by atoms with Gasteiger partial charge in [-0.3, -0.25) is 0 Å². The zero-order valence-corrected chi connectivity index (χ0v) is 14.7. The number of likely N-dealkylation sites (tertiary alicyclic amines) is 1. The van der Waals surface area contributed by atoms with Crippen LogP contribution in [0.1, 0.15) is 47.0 Å². The molecule has 0 bridgehead atoms. The molecule has 2 aliphatic rings. The van der Waals surface area contributed by atoms with E-state index in [-0.39, 0.29) is 6.09 Å². The first-order valence-corrected chi connectivity index (χ1v) is 9.58. The van der Waals surface area contributed by atoms with Crippen LogP contribution in [0.5, 0.6) is 0 Å². The van der Waals surface area contributed by atoms with Crippen LogP contribution in [0.4, 0.5) is 4.79 Å². The standard InChI is InChI=1S/C15H27NO2S2/c1-14(2,3)18-13(17)16-7-5-15(4,6-8-16)11-12-19-9-10-20-12/h12H,5-11H2,1-4H3. The zero-order chi connectivity index (χ0) is 14.8. The maximum atomic E-state index is 12.1. The van der Waals surface area contributed by atoms with Crippen LogP contribution in [0.3, 0.4) is 0 Å². The van der Waals surface area contributed by atoms with Gasteiger partial charge in [0, 0.05) is 24.6 Å². The number of hydrogen-bond donors (Lipinski definition) is 0. The summed E-state index contributed by atoms with van der Waals surface area (Å²) in [5, 5.41) is 0. The Balaban J connectivity index is 1.80. The van der Waals surface area contributed by atoms with Crippen molar-refractivity contribution in [2.45, 2.75) is 57.1 Å². The van der Waals surface area contributed by atoms with E-state index in [2.05, 4.69) is 30.4 Å². The van der Waals surface area contributed by atoms with Crippen LogP contribution in [-0.2, 0) is 4.74 Å². The van der Waals surface area contributed by atoms with Gasteiger partial charge in [0.05, 0.1) is 4.58 Å². The van der Waals surface area contributed by atoms with Crippen molar-refractivity contribution in [1.29, 1.82) is 0 Å². The van der Waals surface area contributed by atoms with E-state index in [0.717, 1.165) is 30.5 Å². The lowest BCUT2D eigenvalue weighted by Crippen LogP contribution is -2.44. The lowest BCUT2D eigenvalue weighted by atomic mass is 9.78. The molecule has 0 aliphatic carbocycles. The number of hydrogen-bond acceptors (Lipinski definition) is 4. The van der Waals surface area contributed by atoms with Crippen LogP contribution in [0, 0.1) is 5.41 Å². The summed E-state index contributed by atoms with van der Waals surface area (Å²) in [6, 6.07) is 0. The number of amides is 1. The van der Waals surface area contributed by atoms with Gasteiger partial charge in [0.15, 0.2) is 0 Å². The van der Waals surface area contributed by atoms with E-state index in [4.69, 9.17) is 4.74 Å². The molecule has 116 valence electrons. The van der Waals surface area contributed by atoms with Gasteiger partial charge >= 0.3 is 6.09 Å². The van der Waals surface area contributed by atoms with Crippen molar-refractivity contribution in [3.63, 3.8) is 0 Å². The molecular formula is C15H27NO2S2. The van der Waals surface area contributed by atoms with E-state index in [1.54, 1.807) is 0 Å². The van der Waals surface area contributed by atoms with E-state index in [1.807, 2.05) is 25.7 Å². The number of carbonyl (C=O) groups is 1. The Kier molecular flexibility index (Phi) is 5.22. The van der Waals surface area contributed by atoms with Crippen LogP contribution >= 0.6 is 23.5 Å². The van der Waals surface area contributed by atoms with Gasteiger partial charge < -0.3 is 9.64 Å². The minimum atomic E-state index is -0.394. The Morgan fingerprint density at radius 2 is 1.80 bits per heavy atom. The van der Waals surface area contributed by atoms with Crippen molar-refractivity contribution in [1.82, 2.24) is 4.90 Å². The first-order chi connectivity index (χ1) is 9.27. The lowest BCUT2D eigenvalue weighted by Gasteiger charge is -2.40. The molecule has 3 nitrogen and oxygen atoms in total. The highest BCUT2D eigenvalue weighted by atomic mass is 32.2. The maximum absolute atomic E-state index is 12.1. The summed E-state index contributed by atoms with van der Waals surface area (Å²) >= 11 is 4.21. The number of thioether (sulfide) groups is 2. The van der Waals surface area contributed by atoms with Crippen molar-refractivity contribution < 1.29 is 9.53 Å². The predicted octanol–water partition coefficient (Wildman–Crippen LogP) is 4.22. The van der Waals surface area contributed by atoms with Crippen LogP contribution in [-0.4, -0.2) is 45.8 Å². The lowest BCUT2D eigenvalue weighted by molar-refractivity contribution is 0.0115. The molecule has 0 aromatic rings. The SMILES string of the molecule is CC1(CC2SCCS2)CCN(C(=O)OC(C)(C)C)CC1. The molecule has 2 aliphatic heterocycles. The molecule has 0 saturated carbocycles. The second-order valence-electron chi connectivity index (χ2n) is 7.15. The quantitative estimate of drug-likeness (QED) is 0.762. The Morgan fingerprint density at radius 3 is 2.30 bits per heavy atom. The van der Waals surface area contributed by atoms with Crippen LogP contribution in [0.15, 0.2) is 0 Å². The van der Waals surface area contributed by atoms with Gasteiger partial charge in [-0.15, -0.1) is 23.5 Å². The maximum Gasteiger partial charge on any atom is 0.410 e. The summed E-state index contributed by atoms with van der Waals surface area (Å²) in [6.45, 7) is 9.84. The van der Waals surface area contributed by atoms with Crippen LogP contribution in [0.25, 0.3) is 0 Å². The molecular weight excluding hydrogens is 290 g/mol. The van der Waals surface area contributed by atoms with Crippen LogP contribution < -0.4 is 0 Å². The van der Waals surface area contributed by atoms with Crippen molar-refractivity contribution in [2.24, 2.45) is 5.41 Å². The third-order valence-corrected chi connectivity index (χ3v) is 7.00. The summed E-state index contributed by atoms with van der Waals surface area (Å²) in [6.07, 6.45) is 3.34. The molecule has 5 heteroatoms. The Morgan fingerprint density at radius 1 is 1.25 bits per heavy atom. The number of rotatable bonds is 2. The molecule has 1 amide bonds. The Bertz CT molecular complexity index is 340. The molecule has 2 heterocycles. The average Bonchev–Trinajstić information content (AvgIpc) is 2.79. The molecule has 0 N–H and O–H groups in total. The third kappa shape index (κ3) is 4.76. The third-order valence-electron chi connectivity index (χ3n) is 3.97. The highest BCUT2D eigenvalue weighted by molar-refractivity contribution is 8.20. The van der Waals surface area contributed by atoms with Gasteiger partial charge in [0.2, 0.25) is 0 Å². The largest absolute Gasteiger partial charge is 0.444 e. The Hall–Kier alpha value is -0.0300. The molecule has 0 unspecified atom stereocenters. The zero-order valence-electron chi connectivity index (χ0n) is 13.1. The fourth-order valence-corrected chi connectivity index (χ4v) is 5.99. The van der Waals surface area contributed by atoms with Gasteiger partial charge in [-0.05, 0) is 45.4 Å². The number of nitrogens with zero attached hydrogens (tertiary/aromatic N) is 1. The van der Waals surface area contributed by atoms with Gasteiger partial charge in [-0.1, -0.05) is 6.92 Å². The molecule has 0 spiro atoms. The molecule has 20 heavy (non-hydrogen) atoms.